The molecule has 5 nitrogen and oxygen atoms in total. The molecule has 0 aliphatic carbocycles. The Hall–Kier alpha value is -2.21. The Kier molecular flexibility index (Phi) is 3.38. The number of nitrogens with two attached hydrogens (primary N) is 2. The van der Waals surface area contributed by atoms with Crippen LogP contribution in [0.1, 0.15) is 0 Å². The van der Waals surface area contributed by atoms with Crippen LogP contribution in [-0.2, 0) is 10.7 Å². The summed E-state index contributed by atoms with van der Waals surface area (Å²) >= 11 is 0. The highest BCUT2D eigenvalue weighted by atomic mass is 32.2. The van der Waals surface area contributed by atoms with Gasteiger partial charge in [-0.3, -0.25) is 0 Å². The molecule has 0 aliphatic rings. The quantitative estimate of drug-likeness (QED) is 0.578. The number of nitrogen functional groups attached to an aromatic ring is 2. The highest BCUT2D eigenvalue weighted by molar-refractivity contribution is 7.72. The summed E-state index contributed by atoms with van der Waals surface area (Å²) in [7, 11) is -2.73. The van der Waals surface area contributed by atoms with Gasteiger partial charge in [-0.2, -0.15) is 0 Å². The molecule has 0 aliphatic heterocycles. The minimum atomic E-state index is -2.73. The molecular formula is C12H12N2O3S. The molecule has 0 spiro atoms. The fraction of sp³-hybridized carbons (Fsp3) is 0. The minimum Gasteiger partial charge on any atom is -0.454 e. The Bertz CT molecular complexity index is 646. The molecule has 2 rings (SSSR count). The van der Waals surface area contributed by atoms with Crippen LogP contribution in [0.5, 0.6) is 11.5 Å². The van der Waals surface area contributed by atoms with Crippen LogP contribution < -0.4 is 16.2 Å². The van der Waals surface area contributed by atoms with Gasteiger partial charge in [0.15, 0.2) is 16.5 Å². The topological polar surface area (TPSA) is 95.4 Å². The molecule has 0 saturated heterocycles. The van der Waals surface area contributed by atoms with E-state index in [4.69, 9.17) is 16.2 Å². The number of hydrogen-bond acceptors (Lipinski definition) is 5. The van der Waals surface area contributed by atoms with Crippen molar-refractivity contribution in [3.8, 4) is 11.5 Å². The van der Waals surface area contributed by atoms with E-state index in [9.17, 15) is 8.42 Å². The van der Waals surface area contributed by atoms with Crippen LogP contribution in [-0.4, -0.2) is 8.42 Å². The van der Waals surface area contributed by atoms with Crippen LogP contribution in [0, 0.1) is 0 Å². The van der Waals surface area contributed by atoms with Crippen molar-refractivity contribution < 1.29 is 13.2 Å². The summed E-state index contributed by atoms with van der Waals surface area (Å²) in [5.74, 6) is 0.560. The van der Waals surface area contributed by atoms with Gasteiger partial charge in [0.25, 0.3) is 0 Å². The molecule has 6 heteroatoms. The third kappa shape index (κ3) is 2.38. The van der Waals surface area contributed by atoms with Crippen LogP contribution in [0.4, 0.5) is 11.4 Å². The second kappa shape index (κ2) is 4.97. The maximum absolute atomic E-state index is 11.1. The lowest BCUT2D eigenvalue weighted by Crippen LogP contribution is -1.98. The Morgan fingerprint density at radius 1 is 0.889 bits per heavy atom. The van der Waals surface area contributed by atoms with E-state index in [2.05, 4.69) is 0 Å². The Morgan fingerprint density at radius 2 is 1.56 bits per heavy atom. The van der Waals surface area contributed by atoms with Gasteiger partial charge in [0, 0.05) is 0 Å². The molecule has 0 unspecified atom stereocenters. The lowest BCUT2D eigenvalue weighted by Gasteiger charge is -2.11. The first-order valence-corrected chi connectivity index (χ1v) is 6.32. The maximum atomic E-state index is 11.1. The third-order valence-electron chi connectivity index (χ3n) is 2.38. The second-order valence-electron chi connectivity index (χ2n) is 3.59. The number of rotatable bonds is 3. The predicted molar refractivity (Wildman–Crippen MR) is 70.4 cm³/mol. The normalized spacial score (nSPS) is 10.5. The zero-order chi connectivity index (χ0) is 13.1. The average Bonchev–Trinajstić information content (AvgIpc) is 2.35. The molecule has 0 bridgehead atoms. The summed E-state index contributed by atoms with van der Waals surface area (Å²) in [6, 6.07) is 11.3. The van der Waals surface area contributed by atoms with Crippen molar-refractivity contribution in [1.29, 1.82) is 0 Å². The van der Waals surface area contributed by atoms with Gasteiger partial charge in [0.2, 0.25) is 0 Å². The van der Waals surface area contributed by atoms with E-state index in [0.717, 1.165) is 0 Å². The van der Waals surface area contributed by atoms with E-state index in [1.54, 1.807) is 36.4 Å². The molecule has 94 valence electrons. The van der Waals surface area contributed by atoms with Crippen LogP contribution in [0.3, 0.4) is 0 Å². The molecule has 2 aromatic rings. The van der Waals surface area contributed by atoms with E-state index in [1.165, 1.54) is 6.07 Å². The van der Waals surface area contributed by atoms with E-state index in [0.29, 0.717) is 11.4 Å². The van der Waals surface area contributed by atoms with E-state index in [-0.39, 0.29) is 16.3 Å². The van der Waals surface area contributed by atoms with Crippen LogP contribution in [0.25, 0.3) is 0 Å². The molecule has 0 radical (unpaired) electrons. The van der Waals surface area contributed by atoms with Crippen molar-refractivity contribution in [2.45, 2.75) is 4.90 Å². The van der Waals surface area contributed by atoms with E-state index >= 15 is 0 Å². The number of hydrogen-bond donors (Lipinski definition) is 3. The van der Waals surface area contributed by atoms with E-state index < -0.39 is 10.7 Å². The summed E-state index contributed by atoms with van der Waals surface area (Å²) < 4.78 is 27.6. The summed E-state index contributed by atoms with van der Waals surface area (Å²) in [4.78, 5) is 0.106. The fourth-order valence-corrected chi connectivity index (χ4v) is 1.97. The largest absolute Gasteiger partial charge is 0.454 e. The summed E-state index contributed by atoms with van der Waals surface area (Å²) in [5.41, 5.74) is 12.1. The predicted octanol–water partition coefficient (Wildman–Crippen LogP) is 1.61. The smallest absolute Gasteiger partial charge is 0.171 e. The van der Waals surface area contributed by atoms with Gasteiger partial charge < -0.3 is 16.2 Å². The van der Waals surface area contributed by atoms with Gasteiger partial charge in [0.05, 0.1) is 11.4 Å². The van der Waals surface area contributed by atoms with Crippen molar-refractivity contribution in [3.63, 3.8) is 0 Å². The number of anilines is 2. The van der Waals surface area contributed by atoms with Crippen molar-refractivity contribution in [1.82, 2.24) is 0 Å². The first-order valence-electron chi connectivity index (χ1n) is 5.15. The first-order chi connectivity index (χ1) is 8.59. The molecule has 4 N–H and O–H groups in total. The molecular weight excluding hydrogens is 252 g/mol. The molecule has 0 fully saturated rings. The second-order valence-corrected chi connectivity index (χ2v) is 4.58. The van der Waals surface area contributed by atoms with Crippen molar-refractivity contribution in [3.05, 3.63) is 42.5 Å². The van der Waals surface area contributed by atoms with Crippen LogP contribution >= 0.6 is 0 Å². The van der Waals surface area contributed by atoms with Crippen molar-refractivity contribution in [2.75, 3.05) is 11.5 Å². The highest BCUT2D eigenvalue weighted by Crippen LogP contribution is 2.33. The molecule has 0 aromatic heterocycles. The van der Waals surface area contributed by atoms with Crippen molar-refractivity contribution >= 4 is 22.1 Å². The summed E-state index contributed by atoms with van der Waals surface area (Å²) in [6.45, 7) is 0. The summed E-state index contributed by atoms with van der Waals surface area (Å²) in [5, 5.41) is 0. The monoisotopic (exact) mass is 264 g/mol. The van der Waals surface area contributed by atoms with Gasteiger partial charge in [0.1, 0.15) is 10.6 Å². The number of benzene rings is 2. The third-order valence-corrected chi connectivity index (χ3v) is 3.14. The molecule has 2 aromatic carbocycles. The zero-order valence-corrected chi connectivity index (χ0v) is 10.3. The van der Waals surface area contributed by atoms with Gasteiger partial charge in [-0.15, -0.1) is 0 Å². The van der Waals surface area contributed by atoms with Gasteiger partial charge in [-0.05, 0) is 24.3 Å². The number of ether oxygens (including phenoxy) is 1. The van der Waals surface area contributed by atoms with Gasteiger partial charge >= 0.3 is 0 Å². The Labute approximate surface area is 106 Å². The van der Waals surface area contributed by atoms with Crippen molar-refractivity contribution in [2.24, 2.45) is 0 Å². The van der Waals surface area contributed by atoms with E-state index in [1.807, 2.05) is 0 Å². The summed E-state index contributed by atoms with van der Waals surface area (Å²) in [6.07, 6.45) is 0. The number of para-hydroxylation sites is 2. The number of thiol groups is 1. The minimum absolute atomic E-state index is 0.106. The molecule has 0 atom stereocenters. The first kappa shape index (κ1) is 12.3. The lowest BCUT2D eigenvalue weighted by atomic mass is 10.2. The Balaban J connectivity index is 2.43. The van der Waals surface area contributed by atoms with Crippen LogP contribution in [0.2, 0.25) is 0 Å². The lowest BCUT2D eigenvalue weighted by molar-refractivity contribution is 0.471. The zero-order valence-electron chi connectivity index (χ0n) is 9.37. The van der Waals surface area contributed by atoms with Crippen LogP contribution in [0.15, 0.2) is 47.4 Å². The molecule has 0 heterocycles. The molecule has 0 amide bonds. The average molecular weight is 264 g/mol. The standard InChI is InChI=1S/C12H12N2O3S/c13-8-4-3-6-10(12(8)14)17-9-5-1-2-7-11(9)18(15)16/h1-7,18H,13-14H2. The highest BCUT2D eigenvalue weighted by Gasteiger charge is 2.09. The van der Waals surface area contributed by atoms with Gasteiger partial charge in [-0.1, -0.05) is 18.2 Å². The van der Waals surface area contributed by atoms with Gasteiger partial charge in [-0.25, -0.2) is 8.42 Å². The molecule has 0 saturated carbocycles. The fourth-order valence-electron chi connectivity index (χ4n) is 1.46. The molecule has 18 heavy (non-hydrogen) atoms. The SMILES string of the molecule is Nc1cccc(Oc2ccccc2[SH](=O)=O)c1N. The maximum Gasteiger partial charge on any atom is 0.171 e. The Morgan fingerprint density at radius 3 is 2.28 bits per heavy atom.